The van der Waals surface area contributed by atoms with Crippen LogP contribution in [0.4, 0.5) is 11.4 Å². The molecule has 0 aliphatic heterocycles. The SMILES string of the molecule is O=C(Cn1c(O)c(N=NC(=O)c2cc(=O)[nH]c3ccccc23)c2ccccc21)Nc1ccccc1. The topological polar surface area (TPSA) is 129 Å². The second-order valence-electron chi connectivity index (χ2n) is 7.79. The average Bonchev–Trinajstić information content (AvgIpc) is 3.13. The zero-order valence-corrected chi connectivity index (χ0v) is 18.3. The molecule has 0 aliphatic carbocycles. The van der Waals surface area contributed by atoms with Gasteiger partial charge in [-0.05, 0) is 24.3 Å². The number of fused-ring (bicyclic) bond motifs is 2. The third-order valence-electron chi connectivity index (χ3n) is 5.50. The number of anilines is 1. The molecule has 0 fully saturated rings. The summed E-state index contributed by atoms with van der Waals surface area (Å²) < 4.78 is 1.40. The van der Waals surface area contributed by atoms with Crippen LogP contribution in [0, 0.1) is 0 Å². The first-order valence-corrected chi connectivity index (χ1v) is 10.7. The molecule has 3 aromatic carbocycles. The summed E-state index contributed by atoms with van der Waals surface area (Å²) in [6.45, 7) is -0.177. The molecule has 2 aromatic heterocycles. The van der Waals surface area contributed by atoms with Gasteiger partial charge in [-0.15, -0.1) is 10.2 Å². The largest absolute Gasteiger partial charge is 0.493 e. The van der Waals surface area contributed by atoms with Crippen molar-refractivity contribution in [3.63, 3.8) is 0 Å². The summed E-state index contributed by atoms with van der Waals surface area (Å²) in [5.41, 5.74) is 1.39. The number of aromatic amines is 1. The standard InChI is InChI=1S/C26H19N5O4/c32-22-14-19(17-10-4-6-12-20(17)28-22)25(34)30-29-24-18-11-5-7-13-21(18)31(26(24)35)15-23(33)27-16-8-2-1-3-9-16/h1-14,35H,15H2,(H,27,33)(H,28,32). The van der Waals surface area contributed by atoms with Crippen LogP contribution in [0.2, 0.25) is 0 Å². The van der Waals surface area contributed by atoms with Crippen molar-refractivity contribution in [2.45, 2.75) is 6.54 Å². The van der Waals surface area contributed by atoms with Crippen molar-refractivity contribution < 1.29 is 14.7 Å². The van der Waals surface area contributed by atoms with E-state index in [0.717, 1.165) is 0 Å². The number of benzene rings is 3. The van der Waals surface area contributed by atoms with E-state index in [1.54, 1.807) is 72.8 Å². The normalized spacial score (nSPS) is 11.3. The van der Waals surface area contributed by atoms with Crippen LogP contribution in [0.25, 0.3) is 21.8 Å². The van der Waals surface area contributed by atoms with Crippen molar-refractivity contribution in [1.82, 2.24) is 9.55 Å². The van der Waals surface area contributed by atoms with E-state index in [1.807, 2.05) is 6.07 Å². The number of para-hydroxylation sites is 3. The lowest BCUT2D eigenvalue weighted by molar-refractivity contribution is -0.116. The smallest absolute Gasteiger partial charge is 0.296 e. The average molecular weight is 465 g/mol. The van der Waals surface area contributed by atoms with Crippen LogP contribution in [0.1, 0.15) is 10.4 Å². The van der Waals surface area contributed by atoms with Crippen molar-refractivity contribution in [3.8, 4) is 5.88 Å². The highest BCUT2D eigenvalue weighted by molar-refractivity contribution is 6.06. The van der Waals surface area contributed by atoms with E-state index in [1.165, 1.54) is 10.6 Å². The van der Waals surface area contributed by atoms with E-state index in [9.17, 15) is 19.5 Å². The molecule has 5 aromatic rings. The quantitative estimate of drug-likeness (QED) is 0.323. The maximum absolute atomic E-state index is 12.9. The highest BCUT2D eigenvalue weighted by Gasteiger charge is 2.19. The Morgan fingerprint density at radius 3 is 2.40 bits per heavy atom. The van der Waals surface area contributed by atoms with Gasteiger partial charge < -0.3 is 20.0 Å². The van der Waals surface area contributed by atoms with Crippen LogP contribution in [0.5, 0.6) is 5.88 Å². The number of carbonyl (C=O) groups excluding carboxylic acids is 2. The number of H-pyrrole nitrogens is 1. The molecular formula is C26H19N5O4. The van der Waals surface area contributed by atoms with Gasteiger partial charge in [0, 0.05) is 28.0 Å². The molecule has 0 saturated heterocycles. The number of carbonyl (C=O) groups is 2. The molecule has 5 rings (SSSR count). The lowest BCUT2D eigenvalue weighted by Crippen LogP contribution is -2.18. The van der Waals surface area contributed by atoms with Gasteiger partial charge in [0.1, 0.15) is 6.54 Å². The molecule has 0 radical (unpaired) electrons. The van der Waals surface area contributed by atoms with Crippen molar-refractivity contribution in [1.29, 1.82) is 0 Å². The number of rotatable bonds is 5. The van der Waals surface area contributed by atoms with Gasteiger partial charge in [-0.2, -0.15) is 0 Å². The number of hydrogen-bond acceptors (Lipinski definition) is 5. The van der Waals surface area contributed by atoms with Gasteiger partial charge in [-0.1, -0.05) is 54.6 Å². The highest BCUT2D eigenvalue weighted by Crippen LogP contribution is 2.39. The van der Waals surface area contributed by atoms with Crippen LogP contribution in [-0.4, -0.2) is 26.5 Å². The van der Waals surface area contributed by atoms with E-state index in [2.05, 4.69) is 20.5 Å². The van der Waals surface area contributed by atoms with Crippen LogP contribution in [0.15, 0.2) is 100.0 Å². The Morgan fingerprint density at radius 1 is 0.914 bits per heavy atom. The summed E-state index contributed by atoms with van der Waals surface area (Å²) in [6, 6.07) is 24.0. The molecule has 0 spiro atoms. The molecule has 35 heavy (non-hydrogen) atoms. The maximum atomic E-state index is 12.9. The van der Waals surface area contributed by atoms with Crippen LogP contribution < -0.4 is 10.9 Å². The summed E-state index contributed by atoms with van der Waals surface area (Å²) in [6.07, 6.45) is 0. The minimum Gasteiger partial charge on any atom is -0.493 e. The lowest BCUT2D eigenvalue weighted by Gasteiger charge is -2.08. The Morgan fingerprint density at radius 2 is 1.60 bits per heavy atom. The first-order chi connectivity index (χ1) is 17.0. The minimum absolute atomic E-state index is 0.0515. The van der Waals surface area contributed by atoms with Crippen LogP contribution >= 0.6 is 0 Å². The fourth-order valence-electron chi connectivity index (χ4n) is 3.93. The number of aromatic hydroxyl groups is 1. The Balaban J connectivity index is 1.49. The van der Waals surface area contributed by atoms with Crippen molar-refractivity contribution in [3.05, 3.63) is 101 Å². The maximum Gasteiger partial charge on any atom is 0.296 e. The first-order valence-electron chi connectivity index (χ1n) is 10.7. The van der Waals surface area contributed by atoms with Gasteiger partial charge in [0.05, 0.1) is 11.1 Å². The third-order valence-corrected chi connectivity index (χ3v) is 5.50. The van der Waals surface area contributed by atoms with E-state index >= 15 is 0 Å². The fourth-order valence-corrected chi connectivity index (χ4v) is 3.93. The molecule has 172 valence electrons. The van der Waals surface area contributed by atoms with Gasteiger partial charge >= 0.3 is 0 Å². The molecule has 0 saturated carbocycles. The summed E-state index contributed by atoms with van der Waals surface area (Å²) in [7, 11) is 0. The molecule has 2 heterocycles. The number of amides is 2. The number of nitrogens with zero attached hydrogens (tertiary/aromatic N) is 3. The van der Waals surface area contributed by atoms with Crippen molar-refractivity contribution in [2.24, 2.45) is 10.2 Å². The van der Waals surface area contributed by atoms with E-state index in [-0.39, 0.29) is 29.6 Å². The summed E-state index contributed by atoms with van der Waals surface area (Å²) in [4.78, 5) is 40.1. The summed E-state index contributed by atoms with van der Waals surface area (Å²) in [5.74, 6) is -1.38. The van der Waals surface area contributed by atoms with Gasteiger partial charge in [0.25, 0.3) is 5.91 Å². The Kier molecular flexibility index (Phi) is 5.64. The predicted molar refractivity (Wildman–Crippen MR) is 132 cm³/mol. The van der Waals surface area contributed by atoms with Gasteiger partial charge in [-0.25, -0.2) is 0 Å². The van der Waals surface area contributed by atoms with Gasteiger partial charge in [-0.3, -0.25) is 14.4 Å². The highest BCUT2D eigenvalue weighted by atomic mass is 16.3. The minimum atomic E-state index is -0.731. The molecule has 9 nitrogen and oxygen atoms in total. The number of nitrogens with one attached hydrogen (secondary N) is 2. The van der Waals surface area contributed by atoms with E-state index < -0.39 is 11.5 Å². The number of pyridine rings is 1. The molecule has 2 amide bonds. The van der Waals surface area contributed by atoms with Crippen LogP contribution in [0.3, 0.4) is 0 Å². The van der Waals surface area contributed by atoms with Crippen molar-refractivity contribution >= 4 is 45.0 Å². The molecule has 0 unspecified atom stereocenters. The first kappa shape index (κ1) is 21.8. The lowest BCUT2D eigenvalue weighted by atomic mass is 10.1. The zero-order chi connectivity index (χ0) is 24.4. The molecule has 3 N–H and O–H groups in total. The second kappa shape index (κ2) is 9.06. The number of hydrogen-bond donors (Lipinski definition) is 3. The molecule has 9 heteroatoms. The fraction of sp³-hybridized carbons (Fsp3) is 0.0385. The predicted octanol–water partition coefficient (Wildman–Crippen LogP) is 4.75. The number of azo groups is 1. The summed E-state index contributed by atoms with van der Waals surface area (Å²) in [5, 5.41) is 22.5. The summed E-state index contributed by atoms with van der Waals surface area (Å²) >= 11 is 0. The number of aromatic nitrogens is 2. The van der Waals surface area contributed by atoms with Crippen molar-refractivity contribution in [2.75, 3.05) is 5.32 Å². The Labute approximate surface area is 198 Å². The Hall–Kier alpha value is -5.05. The van der Waals surface area contributed by atoms with E-state index in [0.29, 0.717) is 27.5 Å². The van der Waals surface area contributed by atoms with Gasteiger partial charge in [0.2, 0.25) is 17.3 Å². The Bertz CT molecular complexity index is 1670. The second-order valence-corrected chi connectivity index (χ2v) is 7.79. The zero-order valence-electron chi connectivity index (χ0n) is 18.3. The molecule has 0 bridgehead atoms. The van der Waals surface area contributed by atoms with E-state index in [4.69, 9.17) is 0 Å². The monoisotopic (exact) mass is 465 g/mol. The molecular weight excluding hydrogens is 446 g/mol. The molecule has 0 atom stereocenters. The third kappa shape index (κ3) is 4.30. The molecule has 0 aliphatic rings. The van der Waals surface area contributed by atoms with Gasteiger partial charge in [0.15, 0.2) is 5.69 Å². The van der Waals surface area contributed by atoms with Crippen LogP contribution in [-0.2, 0) is 11.3 Å².